The van der Waals surface area contributed by atoms with Crippen LogP contribution in [-0.4, -0.2) is 36.2 Å². The molecule has 6 nitrogen and oxygen atoms in total. The molecule has 0 saturated heterocycles. The van der Waals surface area contributed by atoms with Crippen LogP contribution in [-0.2, 0) is 9.59 Å². The van der Waals surface area contributed by atoms with Gasteiger partial charge in [0.1, 0.15) is 11.5 Å². The number of rotatable bonds is 8. The maximum Gasteiger partial charge on any atom is 0.305 e. The van der Waals surface area contributed by atoms with Gasteiger partial charge in [-0.25, -0.2) is 0 Å². The number of ether oxygens (including phenoxy) is 2. The predicted octanol–water partition coefficient (Wildman–Crippen LogP) is 1.83. The van der Waals surface area contributed by atoms with Crippen LogP contribution in [0.3, 0.4) is 0 Å². The van der Waals surface area contributed by atoms with Crippen LogP contribution in [0.2, 0.25) is 0 Å². The zero-order chi connectivity index (χ0) is 15.9. The molecular weight excluding hydrogens is 274 g/mol. The van der Waals surface area contributed by atoms with Crippen molar-refractivity contribution in [1.82, 2.24) is 5.32 Å². The number of methoxy groups -OCH3 is 1. The van der Waals surface area contributed by atoms with E-state index in [-0.39, 0.29) is 25.4 Å². The van der Waals surface area contributed by atoms with Gasteiger partial charge in [0.15, 0.2) is 0 Å². The minimum absolute atomic E-state index is 0.127. The van der Waals surface area contributed by atoms with Crippen molar-refractivity contribution < 1.29 is 24.2 Å². The summed E-state index contributed by atoms with van der Waals surface area (Å²) in [6.45, 7) is 3.56. The zero-order valence-electron chi connectivity index (χ0n) is 12.5. The molecule has 0 aromatic heterocycles. The van der Waals surface area contributed by atoms with E-state index in [9.17, 15) is 9.59 Å². The molecule has 0 spiro atoms. The standard InChI is InChI=1S/C15H21NO5/c1-15(2,10-14(18)19)16-13(17)8-9-21-12-6-4-11(20-3)5-7-12/h4-7H,8-10H2,1-3H3,(H,16,17)(H,18,19). The second-order valence-corrected chi connectivity index (χ2v) is 5.28. The molecule has 0 heterocycles. The summed E-state index contributed by atoms with van der Waals surface area (Å²) >= 11 is 0. The average Bonchev–Trinajstić information content (AvgIpc) is 2.37. The zero-order valence-corrected chi connectivity index (χ0v) is 12.5. The van der Waals surface area contributed by atoms with Crippen molar-refractivity contribution >= 4 is 11.9 Å². The highest BCUT2D eigenvalue weighted by Gasteiger charge is 2.23. The molecule has 0 radical (unpaired) electrons. The molecule has 1 aromatic rings. The van der Waals surface area contributed by atoms with Gasteiger partial charge in [0.2, 0.25) is 5.91 Å². The van der Waals surface area contributed by atoms with Crippen LogP contribution in [0.5, 0.6) is 11.5 Å². The van der Waals surface area contributed by atoms with Crippen LogP contribution in [0.25, 0.3) is 0 Å². The van der Waals surface area contributed by atoms with Gasteiger partial charge in [0.05, 0.1) is 26.6 Å². The monoisotopic (exact) mass is 295 g/mol. The Bertz CT molecular complexity index is 481. The van der Waals surface area contributed by atoms with E-state index in [0.29, 0.717) is 5.75 Å². The Hall–Kier alpha value is -2.24. The van der Waals surface area contributed by atoms with Crippen molar-refractivity contribution in [3.63, 3.8) is 0 Å². The molecule has 0 fully saturated rings. The second kappa shape index (κ2) is 7.52. The molecule has 0 saturated carbocycles. The molecule has 116 valence electrons. The van der Waals surface area contributed by atoms with Crippen molar-refractivity contribution in [1.29, 1.82) is 0 Å². The van der Waals surface area contributed by atoms with Crippen molar-refractivity contribution in [3.8, 4) is 11.5 Å². The van der Waals surface area contributed by atoms with Gasteiger partial charge in [-0.1, -0.05) is 0 Å². The molecule has 21 heavy (non-hydrogen) atoms. The van der Waals surface area contributed by atoms with Gasteiger partial charge in [-0.3, -0.25) is 9.59 Å². The Morgan fingerprint density at radius 3 is 2.29 bits per heavy atom. The van der Waals surface area contributed by atoms with Crippen molar-refractivity contribution in [2.75, 3.05) is 13.7 Å². The molecule has 2 N–H and O–H groups in total. The van der Waals surface area contributed by atoms with E-state index < -0.39 is 11.5 Å². The second-order valence-electron chi connectivity index (χ2n) is 5.28. The first-order chi connectivity index (χ1) is 9.82. The Morgan fingerprint density at radius 1 is 1.19 bits per heavy atom. The first-order valence-corrected chi connectivity index (χ1v) is 6.62. The number of amides is 1. The molecular formula is C15H21NO5. The minimum atomic E-state index is -0.949. The fraction of sp³-hybridized carbons (Fsp3) is 0.467. The van der Waals surface area contributed by atoms with E-state index in [1.807, 2.05) is 0 Å². The largest absolute Gasteiger partial charge is 0.497 e. The molecule has 0 aliphatic heterocycles. The molecule has 0 atom stereocenters. The smallest absolute Gasteiger partial charge is 0.305 e. The van der Waals surface area contributed by atoms with E-state index in [2.05, 4.69) is 5.32 Å². The summed E-state index contributed by atoms with van der Waals surface area (Å²) in [6.07, 6.45) is 0.0349. The number of nitrogens with one attached hydrogen (secondary N) is 1. The quantitative estimate of drug-likeness (QED) is 0.764. The van der Waals surface area contributed by atoms with Gasteiger partial charge < -0.3 is 19.9 Å². The molecule has 6 heteroatoms. The predicted molar refractivity (Wildman–Crippen MR) is 77.6 cm³/mol. The summed E-state index contributed by atoms with van der Waals surface area (Å²) in [7, 11) is 1.58. The fourth-order valence-electron chi connectivity index (χ4n) is 1.80. The summed E-state index contributed by atoms with van der Waals surface area (Å²) in [5, 5.41) is 11.4. The lowest BCUT2D eigenvalue weighted by Gasteiger charge is -2.24. The van der Waals surface area contributed by atoms with E-state index in [0.717, 1.165) is 5.75 Å². The number of benzene rings is 1. The molecule has 0 bridgehead atoms. The van der Waals surface area contributed by atoms with Crippen LogP contribution < -0.4 is 14.8 Å². The van der Waals surface area contributed by atoms with Crippen LogP contribution >= 0.6 is 0 Å². The van der Waals surface area contributed by atoms with Crippen molar-refractivity contribution in [2.45, 2.75) is 32.2 Å². The molecule has 1 amide bonds. The van der Waals surface area contributed by atoms with E-state index in [1.165, 1.54) is 0 Å². The summed E-state index contributed by atoms with van der Waals surface area (Å²) in [5.41, 5.74) is -0.775. The third-order valence-corrected chi connectivity index (χ3v) is 2.73. The lowest BCUT2D eigenvalue weighted by Crippen LogP contribution is -2.45. The summed E-state index contributed by atoms with van der Waals surface area (Å²) < 4.78 is 10.5. The lowest BCUT2D eigenvalue weighted by atomic mass is 10.0. The van der Waals surface area contributed by atoms with Gasteiger partial charge in [0.25, 0.3) is 0 Å². The number of carboxylic acids is 1. The Morgan fingerprint density at radius 2 is 1.76 bits per heavy atom. The normalized spacial score (nSPS) is 10.8. The first-order valence-electron chi connectivity index (χ1n) is 6.62. The maximum atomic E-state index is 11.7. The molecule has 0 unspecified atom stereocenters. The molecule has 0 aliphatic carbocycles. The molecule has 1 rings (SSSR count). The first kappa shape index (κ1) is 16.8. The number of hydrogen-bond donors (Lipinski definition) is 2. The van der Waals surface area contributed by atoms with Crippen LogP contribution in [0, 0.1) is 0 Å². The Balaban J connectivity index is 2.34. The van der Waals surface area contributed by atoms with Gasteiger partial charge >= 0.3 is 5.97 Å². The molecule has 1 aromatic carbocycles. The number of aliphatic carboxylic acids is 1. The van der Waals surface area contributed by atoms with Crippen LogP contribution in [0.4, 0.5) is 0 Å². The highest BCUT2D eigenvalue weighted by atomic mass is 16.5. The summed E-state index contributed by atoms with van der Waals surface area (Å²) in [6, 6.07) is 7.05. The van der Waals surface area contributed by atoms with Gasteiger partial charge in [0, 0.05) is 5.54 Å². The number of hydrogen-bond acceptors (Lipinski definition) is 4. The summed E-state index contributed by atoms with van der Waals surface area (Å²) in [5.74, 6) is 0.188. The third-order valence-electron chi connectivity index (χ3n) is 2.73. The van der Waals surface area contributed by atoms with E-state index >= 15 is 0 Å². The summed E-state index contributed by atoms with van der Waals surface area (Å²) in [4.78, 5) is 22.4. The van der Waals surface area contributed by atoms with Gasteiger partial charge in [-0.15, -0.1) is 0 Å². The van der Waals surface area contributed by atoms with E-state index in [1.54, 1.807) is 45.2 Å². The molecule has 0 aliphatic rings. The number of carbonyl (C=O) groups is 2. The lowest BCUT2D eigenvalue weighted by molar-refractivity contribution is -0.138. The highest BCUT2D eigenvalue weighted by molar-refractivity contribution is 5.78. The number of carboxylic acid groups (broad SMARTS) is 1. The average molecular weight is 295 g/mol. The number of carbonyl (C=O) groups excluding carboxylic acids is 1. The van der Waals surface area contributed by atoms with E-state index in [4.69, 9.17) is 14.6 Å². The van der Waals surface area contributed by atoms with Crippen molar-refractivity contribution in [3.05, 3.63) is 24.3 Å². The van der Waals surface area contributed by atoms with Gasteiger partial charge in [-0.2, -0.15) is 0 Å². The topological polar surface area (TPSA) is 84.9 Å². The van der Waals surface area contributed by atoms with Crippen LogP contribution in [0.1, 0.15) is 26.7 Å². The maximum absolute atomic E-state index is 11.7. The Kier molecular flexibility index (Phi) is 6.02. The fourth-order valence-corrected chi connectivity index (χ4v) is 1.80. The minimum Gasteiger partial charge on any atom is -0.497 e. The van der Waals surface area contributed by atoms with Crippen LogP contribution in [0.15, 0.2) is 24.3 Å². The van der Waals surface area contributed by atoms with Crippen molar-refractivity contribution in [2.24, 2.45) is 0 Å². The highest BCUT2D eigenvalue weighted by Crippen LogP contribution is 2.17. The Labute approximate surface area is 124 Å². The third kappa shape index (κ3) is 6.65. The van der Waals surface area contributed by atoms with Gasteiger partial charge in [-0.05, 0) is 38.1 Å². The SMILES string of the molecule is COc1ccc(OCCC(=O)NC(C)(C)CC(=O)O)cc1.